The molecule has 1 aliphatic heterocycles. The molecule has 2 aromatic rings. The lowest BCUT2D eigenvalue weighted by Crippen LogP contribution is -2.50. The number of nitrogens with zero attached hydrogens (tertiary/aromatic N) is 2. The fourth-order valence-electron chi connectivity index (χ4n) is 3.19. The molecular weight excluding hydrogens is 419 g/mol. The summed E-state index contributed by atoms with van der Waals surface area (Å²) in [5, 5.41) is 0.0344. The molecule has 9 heteroatoms. The predicted molar refractivity (Wildman–Crippen MR) is 107 cm³/mol. The Hall–Kier alpha value is -2.45. The molecule has 1 heterocycles. The molecule has 0 radical (unpaired) electrons. The number of sulfone groups is 1. The molecule has 1 fully saturated rings. The van der Waals surface area contributed by atoms with Gasteiger partial charge >= 0.3 is 0 Å². The van der Waals surface area contributed by atoms with E-state index >= 15 is 0 Å². The Morgan fingerprint density at radius 2 is 1.52 bits per heavy atom. The Kier molecular flexibility index (Phi) is 6.24. The zero-order chi connectivity index (χ0) is 21.2. The molecule has 0 spiro atoms. The second-order valence-corrected chi connectivity index (χ2v) is 9.26. The molecule has 0 aromatic heterocycles. The minimum Gasteiger partial charge on any atom is -0.335 e. The van der Waals surface area contributed by atoms with Crippen molar-refractivity contribution in [2.45, 2.75) is 11.8 Å². The van der Waals surface area contributed by atoms with Gasteiger partial charge < -0.3 is 9.80 Å². The van der Waals surface area contributed by atoms with Crippen LogP contribution >= 0.6 is 11.6 Å². The quantitative estimate of drug-likeness (QED) is 0.735. The van der Waals surface area contributed by atoms with Crippen LogP contribution in [0.5, 0.6) is 0 Å². The van der Waals surface area contributed by atoms with Crippen LogP contribution < -0.4 is 0 Å². The summed E-state index contributed by atoms with van der Waals surface area (Å²) >= 11 is 5.97. The van der Waals surface area contributed by atoms with Crippen LogP contribution in [0.1, 0.15) is 27.6 Å². The summed E-state index contributed by atoms with van der Waals surface area (Å²) in [6, 6.07) is 9.73. The van der Waals surface area contributed by atoms with Gasteiger partial charge in [-0.2, -0.15) is 0 Å². The molecule has 0 N–H and O–H groups in total. The first-order valence-electron chi connectivity index (χ1n) is 9.10. The van der Waals surface area contributed by atoms with E-state index in [9.17, 15) is 22.4 Å². The third kappa shape index (κ3) is 4.43. The van der Waals surface area contributed by atoms with Crippen LogP contribution in [0, 0.1) is 5.82 Å². The van der Waals surface area contributed by atoms with Crippen LogP contribution in [0.3, 0.4) is 0 Å². The van der Waals surface area contributed by atoms with E-state index in [-0.39, 0.29) is 64.8 Å². The standard InChI is InChI=1S/C20H20ClFN2O4S/c1-2-29(27,28)18-6-4-3-5-16(18)20(26)24-11-9-23(10-12-24)19(25)15-8-7-14(22)13-17(15)21/h3-8,13H,2,9-12H2,1H3. The minimum absolute atomic E-state index is 0.0177. The molecule has 154 valence electrons. The summed E-state index contributed by atoms with van der Waals surface area (Å²) in [4.78, 5) is 28.6. The normalized spacial score (nSPS) is 14.7. The smallest absolute Gasteiger partial charge is 0.255 e. The number of benzene rings is 2. The summed E-state index contributed by atoms with van der Waals surface area (Å²) in [7, 11) is -3.54. The Morgan fingerprint density at radius 3 is 2.07 bits per heavy atom. The van der Waals surface area contributed by atoms with Gasteiger partial charge in [0.2, 0.25) is 0 Å². The number of halogens is 2. The number of hydrogen-bond donors (Lipinski definition) is 0. The van der Waals surface area contributed by atoms with Gasteiger partial charge in [0.15, 0.2) is 9.84 Å². The zero-order valence-corrected chi connectivity index (χ0v) is 17.3. The highest BCUT2D eigenvalue weighted by molar-refractivity contribution is 7.91. The topological polar surface area (TPSA) is 74.8 Å². The van der Waals surface area contributed by atoms with Gasteiger partial charge in [-0.3, -0.25) is 9.59 Å². The highest BCUT2D eigenvalue weighted by Gasteiger charge is 2.29. The van der Waals surface area contributed by atoms with Gasteiger partial charge in [-0.1, -0.05) is 30.7 Å². The van der Waals surface area contributed by atoms with Crippen molar-refractivity contribution in [1.82, 2.24) is 9.80 Å². The van der Waals surface area contributed by atoms with Gasteiger partial charge in [0.25, 0.3) is 11.8 Å². The Balaban J connectivity index is 1.73. The maximum atomic E-state index is 13.2. The fraction of sp³-hybridized carbons (Fsp3) is 0.300. The first-order valence-corrected chi connectivity index (χ1v) is 11.1. The molecule has 0 aliphatic carbocycles. The van der Waals surface area contributed by atoms with Crippen molar-refractivity contribution in [1.29, 1.82) is 0 Å². The summed E-state index contributed by atoms with van der Waals surface area (Å²) < 4.78 is 37.8. The fourth-order valence-corrected chi connectivity index (χ4v) is 4.52. The number of amides is 2. The van der Waals surface area contributed by atoms with Gasteiger partial charge in [-0.15, -0.1) is 0 Å². The van der Waals surface area contributed by atoms with Crippen molar-refractivity contribution >= 4 is 33.3 Å². The number of carbonyl (C=O) groups excluding carboxylic acids is 2. The molecule has 0 bridgehead atoms. The van der Waals surface area contributed by atoms with Gasteiger partial charge in [0.05, 0.1) is 26.8 Å². The second kappa shape index (κ2) is 8.51. The maximum Gasteiger partial charge on any atom is 0.255 e. The van der Waals surface area contributed by atoms with E-state index < -0.39 is 15.7 Å². The van der Waals surface area contributed by atoms with Crippen LogP contribution in [-0.4, -0.2) is 62.0 Å². The Morgan fingerprint density at radius 1 is 0.966 bits per heavy atom. The molecule has 29 heavy (non-hydrogen) atoms. The first-order chi connectivity index (χ1) is 13.7. The molecule has 3 rings (SSSR count). The predicted octanol–water partition coefficient (Wildman–Crippen LogP) is 2.87. The van der Waals surface area contributed by atoms with Gasteiger partial charge in [0, 0.05) is 26.2 Å². The number of carbonyl (C=O) groups is 2. The van der Waals surface area contributed by atoms with Gasteiger partial charge in [-0.05, 0) is 30.3 Å². The van der Waals surface area contributed by atoms with Crippen molar-refractivity contribution in [3.05, 3.63) is 64.4 Å². The first kappa shape index (κ1) is 21.3. The average Bonchev–Trinajstić information content (AvgIpc) is 2.73. The van der Waals surface area contributed by atoms with Crippen LogP contribution in [-0.2, 0) is 9.84 Å². The highest BCUT2D eigenvalue weighted by Crippen LogP contribution is 2.22. The molecule has 2 amide bonds. The number of hydrogen-bond acceptors (Lipinski definition) is 4. The van der Waals surface area contributed by atoms with Crippen molar-refractivity contribution < 1.29 is 22.4 Å². The molecule has 1 saturated heterocycles. The third-order valence-corrected chi connectivity index (χ3v) is 6.95. The molecule has 1 aliphatic rings. The summed E-state index contributed by atoms with van der Waals surface area (Å²) in [6.45, 7) is 2.57. The summed E-state index contributed by atoms with van der Waals surface area (Å²) in [5.41, 5.74) is 0.336. The van der Waals surface area contributed by atoms with E-state index in [1.165, 1.54) is 41.0 Å². The van der Waals surface area contributed by atoms with Crippen molar-refractivity contribution in [2.24, 2.45) is 0 Å². The van der Waals surface area contributed by atoms with Crippen LogP contribution in [0.2, 0.25) is 5.02 Å². The Bertz CT molecular complexity index is 1050. The van der Waals surface area contributed by atoms with Crippen LogP contribution in [0.25, 0.3) is 0 Å². The highest BCUT2D eigenvalue weighted by atomic mass is 35.5. The van der Waals surface area contributed by atoms with E-state index in [0.29, 0.717) is 0 Å². The number of piperazine rings is 1. The Labute approximate surface area is 173 Å². The number of rotatable bonds is 4. The molecule has 0 atom stereocenters. The van der Waals surface area contributed by atoms with E-state index in [0.717, 1.165) is 6.07 Å². The maximum absolute atomic E-state index is 13.2. The lowest BCUT2D eigenvalue weighted by Gasteiger charge is -2.35. The lowest BCUT2D eigenvalue weighted by atomic mass is 10.1. The van der Waals surface area contributed by atoms with E-state index in [4.69, 9.17) is 11.6 Å². The summed E-state index contributed by atoms with van der Waals surface area (Å²) in [6.07, 6.45) is 0. The monoisotopic (exact) mass is 438 g/mol. The van der Waals surface area contributed by atoms with Crippen molar-refractivity contribution in [3.63, 3.8) is 0 Å². The third-order valence-electron chi connectivity index (χ3n) is 4.85. The van der Waals surface area contributed by atoms with Gasteiger partial charge in [-0.25, -0.2) is 12.8 Å². The lowest BCUT2D eigenvalue weighted by molar-refractivity contribution is 0.0533. The van der Waals surface area contributed by atoms with Crippen LogP contribution in [0.4, 0.5) is 4.39 Å². The molecule has 0 unspecified atom stereocenters. The van der Waals surface area contributed by atoms with E-state index in [1.807, 2.05) is 0 Å². The van der Waals surface area contributed by atoms with Crippen molar-refractivity contribution in [3.8, 4) is 0 Å². The van der Waals surface area contributed by atoms with E-state index in [1.54, 1.807) is 12.1 Å². The minimum atomic E-state index is -3.54. The molecular formula is C20H20ClFN2O4S. The SMILES string of the molecule is CCS(=O)(=O)c1ccccc1C(=O)N1CCN(C(=O)c2ccc(F)cc2Cl)CC1. The van der Waals surface area contributed by atoms with Crippen molar-refractivity contribution in [2.75, 3.05) is 31.9 Å². The second-order valence-electron chi connectivity index (χ2n) is 6.61. The van der Waals surface area contributed by atoms with Gasteiger partial charge in [0.1, 0.15) is 5.82 Å². The summed E-state index contributed by atoms with van der Waals surface area (Å²) in [5.74, 6) is -1.35. The molecule has 6 nitrogen and oxygen atoms in total. The zero-order valence-electron chi connectivity index (χ0n) is 15.8. The van der Waals surface area contributed by atoms with Crippen LogP contribution in [0.15, 0.2) is 47.4 Å². The molecule has 2 aromatic carbocycles. The van der Waals surface area contributed by atoms with E-state index in [2.05, 4.69) is 0 Å². The average molecular weight is 439 g/mol. The largest absolute Gasteiger partial charge is 0.335 e. The molecule has 0 saturated carbocycles.